The van der Waals surface area contributed by atoms with Crippen molar-refractivity contribution < 1.29 is 0 Å². The van der Waals surface area contributed by atoms with Crippen LogP contribution in [0.25, 0.3) is 21.5 Å². The van der Waals surface area contributed by atoms with Gasteiger partial charge in [-0.15, -0.1) is 0 Å². The van der Waals surface area contributed by atoms with Gasteiger partial charge in [0.2, 0.25) is 0 Å². The van der Waals surface area contributed by atoms with Crippen LogP contribution in [0.3, 0.4) is 0 Å². The Morgan fingerprint density at radius 2 is 0.862 bits per heavy atom. The lowest BCUT2D eigenvalue weighted by atomic mass is 10.1. The van der Waals surface area contributed by atoms with Crippen LogP contribution in [0.4, 0.5) is 17.1 Å². The molecule has 140 valence electrons. The van der Waals surface area contributed by atoms with E-state index in [-0.39, 0.29) is 0 Å². The molecule has 0 aliphatic rings. The lowest BCUT2D eigenvalue weighted by molar-refractivity contribution is 1.29. The number of anilines is 3. The van der Waals surface area contributed by atoms with Crippen LogP contribution in [0.1, 0.15) is 0 Å². The fourth-order valence-electron chi connectivity index (χ4n) is 3.75. The molecule has 0 atom stereocenters. The number of halogens is 2. The Morgan fingerprint density at radius 1 is 0.414 bits per heavy atom. The van der Waals surface area contributed by atoms with Crippen LogP contribution < -0.4 is 4.90 Å². The largest absolute Gasteiger partial charge is 0.310 e. The lowest BCUT2D eigenvalue weighted by Crippen LogP contribution is -2.10. The van der Waals surface area contributed by atoms with Gasteiger partial charge in [0.25, 0.3) is 0 Å². The van der Waals surface area contributed by atoms with E-state index in [1.54, 1.807) is 0 Å². The summed E-state index contributed by atoms with van der Waals surface area (Å²) in [6.45, 7) is 0. The molecule has 0 saturated carbocycles. The van der Waals surface area contributed by atoms with Crippen LogP contribution in [0.2, 0.25) is 0 Å². The average Bonchev–Trinajstić information content (AvgIpc) is 2.73. The molecular weight excluding hydrogens is 486 g/mol. The van der Waals surface area contributed by atoms with Gasteiger partial charge in [-0.3, -0.25) is 0 Å². The molecule has 5 aromatic carbocycles. The second-order valence-corrected chi connectivity index (χ2v) is 8.86. The van der Waals surface area contributed by atoms with Gasteiger partial charge in [-0.25, -0.2) is 0 Å². The Hall–Kier alpha value is -2.62. The van der Waals surface area contributed by atoms with Crippen molar-refractivity contribution in [1.29, 1.82) is 0 Å². The summed E-state index contributed by atoms with van der Waals surface area (Å²) in [6, 6.07) is 36.5. The zero-order chi connectivity index (χ0) is 19.8. The van der Waals surface area contributed by atoms with Crippen molar-refractivity contribution in [3.63, 3.8) is 0 Å². The number of hydrogen-bond acceptors (Lipinski definition) is 1. The smallest absolute Gasteiger partial charge is 0.0484 e. The predicted molar refractivity (Wildman–Crippen MR) is 132 cm³/mol. The van der Waals surface area contributed by atoms with E-state index in [1.165, 1.54) is 21.5 Å². The zero-order valence-corrected chi connectivity index (χ0v) is 18.7. The molecule has 0 heterocycles. The summed E-state index contributed by atoms with van der Waals surface area (Å²) in [5, 5.41) is 4.94. The van der Waals surface area contributed by atoms with Crippen LogP contribution in [0.5, 0.6) is 0 Å². The molecule has 3 heteroatoms. The second kappa shape index (κ2) is 7.66. The number of benzene rings is 5. The lowest BCUT2D eigenvalue weighted by Gasteiger charge is -2.26. The van der Waals surface area contributed by atoms with Gasteiger partial charge in [0.1, 0.15) is 0 Å². The van der Waals surface area contributed by atoms with Gasteiger partial charge < -0.3 is 4.90 Å². The van der Waals surface area contributed by atoms with E-state index in [0.717, 1.165) is 26.0 Å². The first-order chi connectivity index (χ1) is 14.2. The maximum Gasteiger partial charge on any atom is 0.0484 e. The van der Waals surface area contributed by atoms with Crippen LogP contribution >= 0.6 is 31.9 Å². The van der Waals surface area contributed by atoms with E-state index in [4.69, 9.17) is 0 Å². The van der Waals surface area contributed by atoms with Crippen LogP contribution in [0, 0.1) is 0 Å². The summed E-state index contributed by atoms with van der Waals surface area (Å²) in [7, 11) is 0. The molecule has 0 unspecified atom stereocenters. The van der Waals surface area contributed by atoms with Crippen molar-refractivity contribution in [3.8, 4) is 0 Å². The number of rotatable bonds is 3. The maximum atomic E-state index is 3.65. The highest BCUT2D eigenvalue weighted by Crippen LogP contribution is 2.39. The highest BCUT2D eigenvalue weighted by molar-refractivity contribution is 9.11. The molecule has 1 nitrogen and oxygen atoms in total. The minimum Gasteiger partial charge on any atom is -0.310 e. The quantitative estimate of drug-likeness (QED) is 0.238. The van der Waals surface area contributed by atoms with Gasteiger partial charge in [0.05, 0.1) is 0 Å². The number of hydrogen-bond donors (Lipinski definition) is 0. The number of nitrogens with zero attached hydrogens (tertiary/aromatic N) is 1. The van der Waals surface area contributed by atoms with Crippen LogP contribution in [-0.2, 0) is 0 Å². The van der Waals surface area contributed by atoms with Gasteiger partial charge in [0, 0.05) is 26.0 Å². The third kappa shape index (κ3) is 3.68. The molecule has 0 radical (unpaired) electrons. The molecular formula is C26H17Br2N. The first-order valence-electron chi connectivity index (χ1n) is 9.41. The summed E-state index contributed by atoms with van der Waals surface area (Å²) in [6.07, 6.45) is 0. The molecule has 5 aromatic rings. The van der Waals surface area contributed by atoms with Gasteiger partial charge in [0.15, 0.2) is 0 Å². The molecule has 0 aliphatic carbocycles. The van der Waals surface area contributed by atoms with Gasteiger partial charge in [-0.1, -0.05) is 92.5 Å². The molecule has 0 amide bonds. The van der Waals surface area contributed by atoms with Crippen molar-refractivity contribution in [2.24, 2.45) is 0 Å². The third-order valence-electron chi connectivity index (χ3n) is 5.09. The van der Waals surface area contributed by atoms with Crippen LogP contribution in [-0.4, -0.2) is 0 Å². The first-order valence-corrected chi connectivity index (χ1v) is 11.0. The Labute approximate surface area is 186 Å². The Kier molecular flexibility index (Phi) is 4.86. The van der Waals surface area contributed by atoms with E-state index >= 15 is 0 Å². The Bertz CT molecular complexity index is 1240. The van der Waals surface area contributed by atoms with E-state index in [9.17, 15) is 0 Å². The first kappa shape index (κ1) is 18.4. The van der Waals surface area contributed by atoms with Crippen molar-refractivity contribution in [1.82, 2.24) is 0 Å². The highest BCUT2D eigenvalue weighted by Gasteiger charge is 2.15. The van der Waals surface area contributed by atoms with Crippen molar-refractivity contribution in [2.45, 2.75) is 0 Å². The summed E-state index contributed by atoms with van der Waals surface area (Å²) >= 11 is 7.30. The van der Waals surface area contributed by atoms with E-state index < -0.39 is 0 Å². The minimum absolute atomic E-state index is 1.04. The normalized spacial score (nSPS) is 11.1. The zero-order valence-electron chi connectivity index (χ0n) is 15.5. The SMILES string of the molecule is Brc1cc(Br)cc(N(c2ccc3ccccc3c2)c2ccc3ccccc3c2)c1. The molecule has 0 N–H and O–H groups in total. The van der Waals surface area contributed by atoms with Gasteiger partial charge in [-0.05, 0) is 64.0 Å². The average molecular weight is 503 g/mol. The maximum absolute atomic E-state index is 3.65. The molecule has 29 heavy (non-hydrogen) atoms. The fourth-order valence-corrected chi connectivity index (χ4v) is 5.02. The number of fused-ring (bicyclic) bond motifs is 2. The molecule has 0 saturated heterocycles. The summed E-state index contributed by atoms with van der Waals surface area (Å²) in [5.74, 6) is 0. The summed E-state index contributed by atoms with van der Waals surface area (Å²) in [5.41, 5.74) is 3.35. The van der Waals surface area contributed by atoms with E-state index in [2.05, 4.69) is 140 Å². The predicted octanol–water partition coefficient (Wildman–Crippen LogP) is 8.99. The minimum atomic E-state index is 1.04. The standard InChI is InChI=1S/C26H17Br2N/c27-22-15-23(28)17-26(16-22)29(24-11-9-18-5-1-3-7-20(18)13-24)25-12-10-19-6-2-4-8-21(19)14-25/h1-17H. The van der Waals surface area contributed by atoms with Crippen molar-refractivity contribution in [2.75, 3.05) is 4.90 Å². The highest BCUT2D eigenvalue weighted by atomic mass is 79.9. The second-order valence-electron chi connectivity index (χ2n) is 7.03. The molecule has 0 aliphatic heterocycles. The van der Waals surface area contributed by atoms with E-state index in [0.29, 0.717) is 0 Å². The molecule has 0 bridgehead atoms. The molecule has 0 spiro atoms. The van der Waals surface area contributed by atoms with Crippen molar-refractivity contribution >= 4 is 70.5 Å². The topological polar surface area (TPSA) is 3.24 Å². The Morgan fingerprint density at radius 3 is 1.34 bits per heavy atom. The van der Waals surface area contributed by atoms with Gasteiger partial charge in [-0.2, -0.15) is 0 Å². The molecule has 5 rings (SSSR count). The fraction of sp³-hybridized carbons (Fsp3) is 0. The summed E-state index contributed by atoms with van der Waals surface area (Å²) in [4.78, 5) is 2.30. The van der Waals surface area contributed by atoms with Gasteiger partial charge >= 0.3 is 0 Å². The monoisotopic (exact) mass is 501 g/mol. The summed E-state index contributed by atoms with van der Waals surface area (Å²) < 4.78 is 2.07. The Balaban J connectivity index is 1.75. The molecule has 0 fully saturated rings. The van der Waals surface area contributed by atoms with Crippen molar-refractivity contribution in [3.05, 3.63) is 112 Å². The third-order valence-corrected chi connectivity index (χ3v) is 6.00. The molecule has 0 aromatic heterocycles. The van der Waals surface area contributed by atoms with Crippen LogP contribution in [0.15, 0.2) is 112 Å². The van der Waals surface area contributed by atoms with E-state index in [1.807, 2.05) is 0 Å².